The molecule has 4 nitrogen and oxygen atoms in total. The number of hydrogen-bond donors (Lipinski definition) is 1. The van der Waals surface area contributed by atoms with Crippen molar-refractivity contribution in [3.05, 3.63) is 57.8 Å². The molecular formula is C17H15BrFN3OS. The first-order valence-corrected chi connectivity index (χ1v) is 8.90. The highest BCUT2D eigenvalue weighted by molar-refractivity contribution is 9.10. The van der Waals surface area contributed by atoms with Crippen molar-refractivity contribution < 1.29 is 9.18 Å². The molecule has 0 saturated heterocycles. The maximum atomic E-state index is 13.7. The van der Waals surface area contributed by atoms with Gasteiger partial charge in [0.05, 0.1) is 29.0 Å². The van der Waals surface area contributed by atoms with E-state index in [2.05, 4.69) is 26.2 Å². The molecule has 1 amide bonds. The summed E-state index contributed by atoms with van der Waals surface area (Å²) in [7, 11) is 1.84. The van der Waals surface area contributed by atoms with Crippen LogP contribution in [0.15, 0.2) is 46.9 Å². The predicted molar refractivity (Wildman–Crippen MR) is 98.7 cm³/mol. The largest absolute Gasteiger partial charge is 0.322 e. The number of benzene rings is 2. The fourth-order valence-electron chi connectivity index (χ4n) is 2.30. The Morgan fingerprint density at radius 2 is 2.12 bits per heavy atom. The predicted octanol–water partition coefficient (Wildman–Crippen LogP) is 4.27. The first-order valence-electron chi connectivity index (χ1n) is 7.29. The molecule has 0 fully saturated rings. The Bertz CT molecular complexity index is 850. The number of carbonyl (C=O) groups excluding carboxylic acids is 1. The molecule has 0 radical (unpaired) electrons. The lowest BCUT2D eigenvalue weighted by Crippen LogP contribution is -2.30. The highest BCUT2D eigenvalue weighted by atomic mass is 79.9. The van der Waals surface area contributed by atoms with Gasteiger partial charge in [-0.3, -0.25) is 9.69 Å². The summed E-state index contributed by atoms with van der Waals surface area (Å²) in [5.41, 5.74) is 1.14. The fraction of sp³-hybridized carbons (Fsp3) is 0.176. The van der Waals surface area contributed by atoms with Crippen molar-refractivity contribution in [1.29, 1.82) is 0 Å². The number of nitrogens with one attached hydrogen (secondary N) is 1. The van der Waals surface area contributed by atoms with Crippen molar-refractivity contribution in [2.45, 2.75) is 6.54 Å². The zero-order chi connectivity index (χ0) is 17.1. The highest BCUT2D eigenvalue weighted by Gasteiger charge is 2.12. The van der Waals surface area contributed by atoms with E-state index in [4.69, 9.17) is 0 Å². The second-order valence-corrected chi connectivity index (χ2v) is 7.45. The van der Waals surface area contributed by atoms with Gasteiger partial charge in [-0.1, -0.05) is 28.1 Å². The number of hydrogen-bond acceptors (Lipinski definition) is 4. The molecule has 124 valence electrons. The van der Waals surface area contributed by atoms with E-state index in [1.165, 1.54) is 12.1 Å². The monoisotopic (exact) mass is 407 g/mol. The van der Waals surface area contributed by atoms with Crippen molar-refractivity contribution in [1.82, 2.24) is 9.88 Å². The van der Waals surface area contributed by atoms with Gasteiger partial charge in [0.1, 0.15) is 10.8 Å². The molecule has 7 heteroatoms. The van der Waals surface area contributed by atoms with Crippen LogP contribution in [-0.2, 0) is 11.3 Å². The Morgan fingerprint density at radius 1 is 1.33 bits per heavy atom. The Kier molecular flexibility index (Phi) is 5.23. The van der Waals surface area contributed by atoms with Crippen LogP contribution in [0.1, 0.15) is 5.01 Å². The average Bonchev–Trinajstić information content (AvgIpc) is 2.91. The summed E-state index contributed by atoms with van der Waals surface area (Å²) in [6.07, 6.45) is 0. The van der Waals surface area contributed by atoms with Crippen LogP contribution in [0.4, 0.5) is 10.1 Å². The topological polar surface area (TPSA) is 45.2 Å². The molecule has 3 aromatic rings. The van der Waals surface area contributed by atoms with E-state index >= 15 is 0 Å². The van der Waals surface area contributed by atoms with Crippen LogP contribution in [0.2, 0.25) is 0 Å². The molecule has 2 aromatic carbocycles. The van der Waals surface area contributed by atoms with Crippen LogP contribution in [0.5, 0.6) is 0 Å². The van der Waals surface area contributed by atoms with Gasteiger partial charge in [0.15, 0.2) is 0 Å². The van der Waals surface area contributed by atoms with Crippen molar-refractivity contribution >= 4 is 49.1 Å². The smallest absolute Gasteiger partial charge is 0.238 e. The number of rotatable bonds is 5. The summed E-state index contributed by atoms with van der Waals surface area (Å²) >= 11 is 4.80. The maximum absolute atomic E-state index is 13.7. The SMILES string of the molecule is CN(CC(=O)Nc1ccc(Br)cc1F)Cc1nc2ccccc2s1. The molecule has 0 atom stereocenters. The van der Waals surface area contributed by atoms with Crippen molar-refractivity contribution in [3.63, 3.8) is 0 Å². The number of nitrogens with zero attached hydrogens (tertiary/aromatic N) is 2. The Morgan fingerprint density at radius 3 is 2.88 bits per heavy atom. The number of fused-ring (bicyclic) bond motifs is 1. The minimum absolute atomic E-state index is 0.158. The fourth-order valence-corrected chi connectivity index (χ4v) is 3.68. The van der Waals surface area contributed by atoms with Gasteiger partial charge in [-0.05, 0) is 37.4 Å². The Balaban J connectivity index is 1.59. The summed E-state index contributed by atoms with van der Waals surface area (Å²) in [6, 6.07) is 12.5. The first kappa shape index (κ1) is 17.0. The molecular weight excluding hydrogens is 393 g/mol. The standard InChI is InChI=1S/C17H15BrFN3OS/c1-22(10-17-21-14-4-2-3-5-15(14)24-17)9-16(23)20-13-7-6-11(18)8-12(13)19/h2-8H,9-10H2,1H3,(H,20,23). The van der Waals surface area contributed by atoms with E-state index in [0.29, 0.717) is 11.0 Å². The molecule has 1 aromatic heterocycles. The maximum Gasteiger partial charge on any atom is 0.238 e. The van der Waals surface area contributed by atoms with E-state index in [1.807, 2.05) is 36.2 Å². The number of carbonyl (C=O) groups is 1. The van der Waals surface area contributed by atoms with E-state index < -0.39 is 5.82 Å². The van der Waals surface area contributed by atoms with Gasteiger partial charge in [0, 0.05) is 4.47 Å². The minimum atomic E-state index is -0.466. The van der Waals surface area contributed by atoms with E-state index in [0.717, 1.165) is 15.2 Å². The van der Waals surface area contributed by atoms with Gasteiger partial charge in [-0.2, -0.15) is 0 Å². The lowest BCUT2D eigenvalue weighted by Gasteiger charge is -2.15. The summed E-state index contributed by atoms with van der Waals surface area (Å²) in [4.78, 5) is 18.5. The third-order valence-corrected chi connectivity index (χ3v) is 4.88. The van der Waals surface area contributed by atoms with Gasteiger partial charge < -0.3 is 5.32 Å². The molecule has 0 aliphatic carbocycles. The number of likely N-dealkylation sites (N-methyl/N-ethyl adjacent to an activating group) is 1. The van der Waals surface area contributed by atoms with Gasteiger partial charge in [0.25, 0.3) is 0 Å². The normalized spacial score (nSPS) is 11.2. The van der Waals surface area contributed by atoms with Gasteiger partial charge >= 0.3 is 0 Å². The lowest BCUT2D eigenvalue weighted by molar-refractivity contribution is -0.117. The molecule has 0 saturated carbocycles. The molecule has 0 spiro atoms. The zero-order valence-electron chi connectivity index (χ0n) is 12.9. The number of amides is 1. The molecule has 0 unspecified atom stereocenters. The molecule has 1 N–H and O–H groups in total. The van der Waals surface area contributed by atoms with E-state index in [9.17, 15) is 9.18 Å². The van der Waals surface area contributed by atoms with Crippen LogP contribution in [0.25, 0.3) is 10.2 Å². The molecule has 24 heavy (non-hydrogen) atoms. The van der Waals surface area contributed by atoms with E-state index in [-0.39, 0.29) is 18.1 Å². The quantitative estimate of drug-likeness (QED) is 0.686. The molecule has 0 aliphatic rings. The molecule has 1 heterocycles. The zero-order valence-corrected chi connectivity index (χ0v) is 15.3. The summed E-state index contributed by atoms with van der Waals surface area (Å²) < 4.78 is 15.5. The van der Waals surface area contributed by atoms with Crippen LogP contribution >= 0.6 is 27.3 Å². The van der Waals surface area contributed by atoms with E-state index in [1.54, 1.807) is 17.4 Å². The summed E-state index contributed by atoms with van der Waals surface area (Å²) in [6.45, 7) is 0.723. The van der Waals surface area contributed by atoms with Crippen LogP contribution in [0, 0.1) is 5.82 Å². The minimum Gasteiger partial charge on any atom is -0.322 e. The number of aromatic nitrogens is 1. The lowest BCUT2D eigenvalue weighted by atomic mass is 10.3. The second-order valence-electron chi connectivity index (χ2n) is 5.42. The van der Waals surface area contributed by atoms with Crippen LogP contribution in [-0.4, -0.2) is 29.4 Å². The number of halogens is 2. The van der Waals surface area contributed by atoms with Gasteiger partial charge in [0.2, 0.25) is 5.91 Å². The molecule has 0 aliphatic heterocycles. The Labute approximate surface area is 151 Å². The van der Waals surface area contributed by atoms with Crippen LogP contribution in [0.3, 0.4) is 0 Å². The third kappa shape index (κ3) is 4.17. The van der Waals surface area contributed by atoms with Crippen LogP contribution < -0.4 is 5.32 Å². The molecule has 0 bridgehead atoms. The summed E-state index contributed by atoms with van der Waals surface area (Å²) in [5, 5.41) is 3.53. The first-order chi connectivity index (χ1) is 11.5. The van der Waals surface area contributed by atoms with Crippen molar-refractivity contribution in [3.8, 4) is 0 Å². The number of anilines is 1. The van der Waals surface area contributed by atoms with Crippen molar-refractivity contribution in [2.24, 2.45) is 0 Å². The van der Waals surface area contributed by atoms with Gasteiger partial charge in [-0.15, -0.1) is 11.3 Å². The average molecular weight is 408 g/mol. The number of para-hydroxylation sites is 1. The summed E-state index contributed by atoms with van der Waals surface area (Å²) in [5.74, 6) is -0.730. The second kappa shape index (κ2) is 7.38. The third-order valence-electron chi connectivity index (χ3n) is 3.36. The molecule has 3 rings (SSSR count). The Hall–Kier alpha value is -1.83. The number of thiazole rings is 1. The highest BCUT2D eigenvalue weighted by Crippen LogP contribution is 2.22. The van der Waals surface area contributed by atoms with Crippen molar-refractivity contribution in [2.75, 3.05) is 18.9 Å². The van der Waals surface area contributed by atoms with Gasteiger partial charge in [-0.25, -0.2) is 9.37 Å².